The molecule has 0 aliphatic heterocycles. The quantitative estimate of drug-likeness (QED) is 0.534. The Balaban J connectivity index is 1.92. The zero-order valence-electron chi connectivity index (χ0n) is 11.0. The summed E-state index contributed by atoms with van der Waals surface area (Å²) in [7, 11) is 0. The van der Waals surface area contributed by atoms with Crippen molar-refractivity contribution in [2.75, 3.05) is 0 Å². The highest BCUT2D eigenvalue weighted by Gasteiger charge is 2.01. The first kappa shape index (κ1) is 14.8. The van der Waals surface area contributed by atoms with Crippen molar-refractivity contribution in [3.05, 3.63) is 58.1 Å². The van der Waals surface area contributed by atoms with Crippen molar-refractivity contribution < 1.29 is 0 Å². The van der Waals surface area contributed by atoms with Crippen LogP contribution < -0.4 is 5.32 Å². The third-order valence-electron chi connectivity index (χ3n) is 2.69. The van der Waals surface area contributed by atoms with E-state index in [-0.39, 0.29) is 0 Å². The minimum atomic E-state index is 0.486. The molecule has 0 unspecified atom stereocenters. The van der Waals surface area contributed by atoms with Crippen LogP contribution in [0.4, 0.5) is 0 Å². The van der Waals surface area contributed by atoms with Crippen LogP contribution in [0, 0.1) is 0 Å². The minimum absolute atomic E-state index is 0.486. The second-order valence-corrected chi connectivity index (χ2v) is 4.88. The van der Waals surface area contributed by atoms with E-state index in [1.807, 2.05) is 31.2 Å². The van der Waals surface area contributed by atoms with Crippen molar-refractivity contribution >= 4 is 29.0 Å². The molecule has 0 amide bonds. The summed E-state index contributed by atoms with van der Waals surface area (Å²) in [5, 5.41) is 4.18. The van der Waals surface area contributed by atoms with Gasteiger partial charge in [0.2, 0.25) is 0 Å². The fraction of sp³-hybridized carbons (Fsp3) is 0.214. The molecule has 0 radical (unpaired) electrons. The van der Waals surface area contributed by atoms with E-state index in [1.54, 1.807) is 12.4 Å². The molecule has 20 heavy (non-hydrogen) atoms. The summed E-state index contributed by atoms with van der Waals surface area (Å²) in [6, 6.07) is 7.53. The van der Waals surface area contributed by atoms with E-state index in [0.29, 0.717) is 23.4 Å². The molecule has 0 spiro atoms. The Bertz CT molecular complexity index is 614. The van der Waals surface area contributed by atoms with Crippen LogP contribution in [0.15, 0.2) is 41.7 Å². The number of aromatic nitrogens is 2. The molecule has 4 nitrogen and oxygen atoms in total. The molecule has 2 heterocycles. The zero-order valence-corrected chi connectivity index (χ0v) is 12.5. The summed E-state index contributed by atoms with van der Waals surface area (Å²) in [5.41, 5.74) is 1.83. The van der Waals surface area contributed by atoms with Gasteiger partial charge in [-0.2, -0.15) is 0 Å². The van der Waals surface area contributed by atoms with Gasteiger partial charge in [-0.25, -0.2) is 9.97 Å². The summed E-state index contributed by atoms with van der Waals surface area (Å²) in [5.74, 6) is 0.810. The van der Waals surface area contributed by atoms with Crippen LogP contribution in [0.5, 0.6) is 0 Å². The van der Waals surface area contributed by atoms with Crippen LogP contribution in [0.3, 0.4) is 0 Å². The normalized spacial score (nSPS) is 11.4. The molecule has 0 aliphatic carbocycles. The number of hydrogen-bond donors (Lipinski definition) is 1. The van der Waals surface area contributed by atoms with Gasteiger partial charge >= 0.3 is 0 Å². The number of amidine groups is 1. The van der Waals surface area contributed by atoms with Crippen molar-refractivity contribution in [1.29, 1.82) is 0 Å². The van der Waals surface area contributed by atoms with Crippen molar-refractivity contribution in [2.45, 2.75) is 20.0 Å². The van der Waals surface area contributed by atoms with E-state index in [1.165, 1.54) is 0 Å². The lowest BCUT2D eigenvalue weighted by molar-refractivity contribution is 0.883. The second-order valence-electron chi connectivity index (χ2n) is 4.16. The first-order valence-corrected chi connectivity index (χ1v) is 6.86. The first-order chi connectivity index (χ1) is 9.66. The lowest BCUT2D eigenvalue weighted by Gasteiger charge is -2.07. The molecule has 6 heteroatoms. The molecule has 2 rings (SSSR count). The third kappa shape index (κ3) is 4.18. The highest BCUT2D eigenvalue weighted by molar-refractivity contribution is 6.30. The van der Waals surface area contributed by atoms with Crippen LogP contribution in [-0.4, -0.2) is 15.8 Å². The van der Waals surface area contributed by atoms with E-state index < -0.39 is 0 Å². The third-order valence-corrected chi connectivity index (χ3v) is 3.37. The van der Waals surface area contributed by atoms with Gasteiger partial charge in [0.05, 0.1) is 12.4 Å². The van der Waals surface area contributed by atoms with E-state index >= 15 is 0 Å². The number of nitrogens with zero attached hydrogens (tertiary/aromatic N) is 3. The number of rotatable bonds is 4. The van der Waals surface area contributed by atoms with Crippen LogP contribution in [-0.2, 0) is 13.1 Å². The largest absolute Gasteiger partial charge is 0.370 e. The number of aliphatic imine (C=N–C) groups is 1. The van der Waals surface area contributed by atoms with Crippen LogP contribution in [0.2, 0.25) is 10.3 Å². The number of hydrogen-bond acceptors (Lipinski definition) is 3. The van der Waals surface area contributed by atoms with Crippen LogP contribution >= 0.6 is 23.2 Å². The van der Waals surface area contributed by atoms with Gasteiger partial charge in [-0.05, 0) is 19.1 Å². The van der Waals surface area contributed by atoms with Gasteiger partial charge in [0.1, 0.15) is 10.3 Å². The standard InChI is InChI=1S/C14H14Cl2N4/c1-10(19-8-11-4-2-6-17-13(11)15)20-9-12-5-3-7-18-14(12)16/h2-7H,8-9H2,1H3,(H,19,20). The summed E-state index contributed by atoms with van der Waals surface area (Å²) >= 11 is 12.0. The van der Waals surface area contributed by atoms with Gasteiger partial charge in [-0.3, -0.25) is 4.99 Å². The SMILES string of the molecule is CC(=NCc1cccnc1Cl)NCc1cccnc1Cl. The maximum atomic E-state index is 5.98. The van der Waals surface area contributed by atoms with Crippen LogP contribution in [0.1, 0.15) is 18.1 Å². The smallest absolute Gasteiger partial charge is 0.134 e. The lowest BCUT2D eigenvalue weighted by atomic mass is 10.3. The van der Waals surface area contributed by atoms with Crippen molar-refractivity contribution in [2.24, 2.45) is 4.99 Å². The molecular weight excluding hydrogens is 295 g/mol. The van der Waals surface area contributed by atoms with Crippen molar-refractivity contribution in [3.8, 4) is 0 Å². The van der Waals surface area contributed by atoms with Crippen molar-refractivity contribution in [1.82, 2.24) is 15.3 Å². The summed E-state index contributed by atoms with van der Waals surface area (Å²) in [6.07, 6.45) is 3.32. The fourth-order valence-electron chi connectivity index (χ4n) is 1.57. The van der Waals surface area contributed by atoms with Gasteiger partial charge in [-0.1, -0.05) is 35.3 Å². The Kier molecular flexibility index (Phi) is 5.32. The molecule has 0 fully saturated rings. The highest BCUT2D eigenvalue weighted by atomic mass is 35.5. The first-order valence-electron chi connectivity index (χ1n) is 6.10. The summed E-state index contributed by atoms with van der Waals surface area (Å²) in [6.45, 7) is 2.98. The van der Waals surface area contributed by atoms with Gasteiger partial charge in [0, 0.05) is 30.1 Å². The molecule has 1 N–H and O–H groups in total. The molecule has 104 valence electrons. The molecule has 0 atom stereocenters. The lowest BCUT2D eigenvalue weighted by Crippen LogP contribution is -2.20. The maximum Gasteiger partial charge on any atom is 0.134 e. The molecule has 2 aromatic rings. The van der Waals surface area contributed by atoms with E-state index in [9.17, 15) is 0 Å². The molecule has 0 saturated heterocycles. The Morgan fingerprint density at radius 1 is 1.10 bits per heavy atom. The van der Waals surface area contributed by atoms with Gasteiger partial charge in [0.15, 0.2) is 0 Å². The topological polar surface area (TPSA) is 50.2 Å². The average Bonchev–Trinajstić information content (AvgIpc) is 2.45. The van der Waals surface area contributed by atoms with E-state index in [4.69, 9.17) is 23.2 Å². The molecule has 0 bridgehead atoms. The fourth-order valence-corrected chi connectivity index (χ4v) is 1.94. The maximum absolute atomic E-state index is 5.98. The Morgan fingerprint density at radius 2 is 1.70 bits per heavy atom. The van der Waals surface area contributed by atoms with Gasteiger partial charge in [-0.15, -0.1) is 0 Å². The van der Waals surface area contributed by atoms with Crippen LogP contribution in [0.25, 0.3) is 0 Å². The van der Waals surface area contributed by atoms with Gasteiger partial charge < -0.3 is 5.32 Å². The van der Waals surface area contributed by atoms with E-state index in [2.05, 4.69) is 20.3 Å². The predicted molar refractivity (Wildman–Crippen MR) is 82.1 cm³/mol. The zero-order chi connectivity index (χ0) is 14.4. The molecule has 2 aromatic heterocycles. The molecule has 0 saturated carbocycles. The Morgan fingerprint density at radius 3 is 2.30 bits per heavy atom. The highest BCUT2D eigenvalue weighted by Crippen LogP contribution is 2.13. The number of halogens is 2. The second kappa shape index (κ2) is 7.22. The monoisotopic (exact) mass is 308 g/mol. The van der Waals surface area contributed by atoms with Crippen molar-refractivity contribution in [3.63, 3.8) is 0 Å². The molecule has 0 aliphatic rings. The number of nitrogens with one attached hydrogen (secondary N) is 1. The van der Waals surface area contributed by atoms with Gasteiger partial charge in [0.25, 0.3) is 0 Å². The number of pyridine rings is 2. The average molecular weight is 309 g/mol. The summed E-state index contributed by atoms with van der Waals surface area (Å²) < 4.78 is 0. The predicted octanol–water partition coefficient (Wildman–Crippen LogP) is 3.49. The summed E-state index contributed by atoms with van der Waals surface area (Å²) in [4.78, 5) is 12.5. The van der Waals surface area contributed by atoms with E-state index in [0.717, 1.165) is 17.0 Å². The molecular formula is C14H14Cl2N4. The Labute approximate surface area is 127 Å². The minimum Gasteiger partial charge on any atom is -0.370 e. The molecule has 0 aromatic carbocycles. The Hall–Kier alpha value is -1.65.